The molecule has 0 aliphatic carbocycles. The van der Waals surface area contributed by atoms with E-state index in [0.717, 1.165) is 0 Å². The number of carbonyl (C=O) groups excluding carboxylic acids is 2. The van der Waals surface area contributed by atoms with Crippen LogP contribution in [0.1, 0.15) is 17.3 Å². The number of morpholine rings is 1. The molecule has 1 heterocycles. The molecule has 1 aromatic rings. The Morgan fingerprint density at radius 2 is 1.78 bits per heavy atom. The molecule has 1 aliphatic heterocycles. The molecule has 0 unspecified atom stereocenters. The van der Waals surface area contributed by atoms with Crippen LogP contribution in [0, 0.1) is 0 Å². The highest BCUT2D eigenvalue weighted by molar-refractivity contribution is 7.89. The second-order valence-electron chi connectivity index (χ2n) is 4.99. The molecule has 2 N–H and O–H groups in total. The molecule has 0 spiro atoms. The van der Waals surface area contributed by atoms with E-state index in [1.54, 1.807) is 0 Å². The largest absolute Gasteiger partial charge is 0.449 e. The summed E-state index contributed by atoms with van der Waals surface area (Å²) >= 11 is 0. The van der Waals surface area contributed by atoms with Gasteiger partial charge in [0.05, 0.1) is 23.7 Å². The lowest BCUT2D eigenvalue weighted by Crippen LogP contribution is -2.40. The molecule has 0 radical (unpaired) electrons. The molecule has 0 saturated carbocycles. The number of nitrogens with two attached hydrogens (primary N) is 1. The standard InChI is InChI=1S/C14H18N2O6S/c1-10(13(15)17)22-14(18)11-2-4-12(5-3-11)23(19,20)16-6-8-21-9-7-16/h2-5,10H,6-9H2,1H3,(H2,15,17)/t10-/m0/s1. The lowest BCUT2D eigenvalue weighted by Gasteiger charge is -2.26. The smallest absolute Gasteiger partial charge is 0.338 e. The second kappa shape index (κ2) is 7.07. The summed E-state index contributed by atoms with van der Waals surface area (Å²) in [5.74, 6) is -1.50. The van der Waals surface area contributed by atoms with Crippen LogP contribution in [0.15, 0.2) is 29.2 Å². The van der Waals surface area contributed by atoms with E-state index in [-0.39, 0.29) is 10.5 Å². The van der Waals surface area contributed by atoms with Crippen molar-refractivity contribution in [2.24, 2.45) is 5.73 Å². The van der Waals surface area contributed by atoms with E-state index in [9.17, 15) is 18.0 Å². The molecule has 23 heavy (non-hydrogen) atoms. The minimum absolute atomic E-state index is 0.0823. The predicted molar refractivity (Wildman–Crippen MR) is 80.1 cm³/mol. The van der Waals surface area contributed by atoms with Crippen molar-refractivity contribution in [3.05, 3.63) is 29.8 Å². The molecule has 126 valence electrons. The average molecular weight is 342 g/mol. The summed E-state index contributed by atoms with van der Waals surface area (Å²) in [5.41, 5.74) is 5.15. The molecule has 0 bridgehead atoms. The van der Waals surface area contributed by atoms with Crippen molar-refractivity contribution in [1.82, 2.24) is 4.31 Å². The Balaban J connectivity index is 2.12. The maximum Gasteiger partial charge on any atom is 0.338 e. The van der Waals surface area contributed by atoms with E-state index in [1.807, 2.05) is 0 Å². The summed E-state index contributed by atoms with van der Waals surface area (Å²) in [6.45, 7) is 2.66. The molecule has 1 atom stereocenters. The van der Waals surface area contributed by atoms with Gasteiger partial charge in [-0.1, -0.05) is 0 Å². The van der Waals surface area contributed by atoms with Gasteiger partial charge in [-0.2, -0.15) is 4.31 Å². The van der Waals surface area contributed by atoms with Gasteiger partial charge >= 0.3 is 5.97 Å². The van der Waals surface area contributed by atoms with E-state index in [2.05, 4.69) is 0 Å². The molecule has 1 amide bonds. The third kappa shape index (κ3) is 4.06. The number of hydrogen-bond donors (Lipinski definition) is 1. The summed E-state index contributed by atoms with van der Waals surface area (Å²) < 4.78 is 36.2. The normalized spacial score (nSPS) is 17.4. The van der Waals surface area contributed by atoms with Crippen molar-refractivity contribution in [1.29, 1.82) is 0 Å². The molecule has 1 aliphatic rings. The highest BCUT2D eigenvalue weighted by Crippen LogP contribution is 2.18. The van der Waals surface area contributed by atoms with Crippen molar-refractivity contribution < 1.29 is 27.5 Å². The third-order valence-corrected chi connectivity index (χ3v) is 5.30. The number of sulfonamides is 1. The molecule has 1 aromatic carbocycles. The number of primary amides is 1. The van der Waals surface area contributed by atoms with Crippen LogP contribution in [0.2, 0.25) is 0 Å². The van der Waals surface area contributed by atoms with Gasteiger partial charge in [0, 0.05) is 13.1 Å². The number of carbonyl (C=O) groups is 2. The van der Waals surface area contributed by atoms with Crippen LogP contribution in [-0.2, 0) is 24.3 Å². The number of amides is 1. The van der Waals surface area contributed by atoms with E-state index < -0.39 is 28.0 Å². The van der Waals surface area contributed by atoms with Crippen molar-refractivity contribution in [2.45, 2.75) is 17.9 Å². The number of esters is 1. The lowest BCUT2D eigenvalue weighted by molar-refractivity contribution is -0.125. The van der Waals surface area contributed by atoms with Crippen LogP contribution < -0.4 is 5.73 Å². The zero-order valence-corrected chi connectivity index (χ0v) is 13.4. The maximum absolute atomic E-state index is 12.4. The first-order valence-corrected chi connectivity index (χ1v) is 8.44. The Hall–Kier alpha value is -1.97. The number of hydrogen-bond acceptors (Lipinski definition) is 6. The van der Waals surface area contributed by atoms with Gasteiger partial charge in [-0.3, -0.25) is 4.79 Å². The van der Waals surface area contributed by atoms with Gasteiger partial charge in [0.15, 0.2) is 6.10 Å². The van der Waals surface area contributed by atoms with Crippen LogP contribution in [0.5, 0.6) is 0 Å². The van der Waals surface area contributed by atoms with Gasteiger partial charge in [0.25, 0.3) is 5.91 Å². The number of ether oxygens (including phenoxy) is 2. The second-order valence-corrected chi connectivity index (χ2v) is 6.93. The first-order chi connectivity index (χ1) is 10.8. The lowest BCUT2D eigenvalue weighted by atomic mass is 10.2. The highest BCUT2D eigenvalue weighted by Gasteiger charge is 2.26. The van der Waals surface area contributed by atoms with Crippen LogP contribution in [0.3, 0.4) is 0 Å². The summed E-state index contributed by atoms with van der Waals surface area (Å²) in [6, 6.07) is 5.33. The molecular formula is C14H18N2O6S. The quantitative estimate of drug-likeness (QED) is 0.737. The molecular weight excluding hydrogens is 324 g/mol. The summed E-state index contributed by atoms with van der Waals surface area (Å²) in [6.07, 6.45) is -1.06. The van der Waals surface area contributed by atoms with Gasteiger partial charge in [0.1, 0.15) is 0 Å². The summed E-state index contributed by atoms with van der Waals surface area (Å²) in [4.78, 5) is 22.8. The van der Waals surface area contributed by atoms with Crippen molar-refractivity contribution in [3.63, 3.8) is 0 Å². The Labute approximate surface area is 134 Å². The van der Waals surface area contributed by atoms with E-state index >= 15 is 0 Å². The zero-order valence-electron chi connectivity index (χ0n) is 12.6. The fourth-order valence-electron chi connectivity index (χ4n) is 1.99. The Bertz CT molecular complexity index is 680. The van der Waals surface area contributed by atoms with Crippen LogP contribution in [0.4, 0.5) is 0 Å². The topological polar surface area (TPSA) is 116 Å². The van der Waals surface area contributed by atoms with Gasteiger partial charge in [0.2, 0.25) is 10.0 Å². The molecule has 0 aromatic heterocycles. The molecule has 2 rings (SSSR count). The third-order valence-electron chi connectivity index (χ3n) is 3.38. The van der Waals surface area contributed by atoms with Gasteiger partial charge in [-0.05, 0) is 31.2 Å². The molecule has 1 fully saturated rings. The maximum atomic E-state index is 12.4. The van der Waals surface area contributed by atoms with Crippen molar-refractivity contribution in [3.8, 4) is 0 Å². The Morgan fingerprint density at radius 1 is 1.22 bits per heavy atom. The average Bonchev–Trinajstić information content (AvgIpc) is 2.55. The first-order valence-electron chi connectivity index (χ1n) is 7.00. The first kappa shape index (κ1) is 17.4. The zero-order chi connectivity index (χ0) is 17.0. The Kier molecular flexibility index (Phi) is 5.34. The fourth-order valence-corrected chi connectivity index (χ4v) is 3.39. The van der Waals surface area contributed by atoms with Crippen LogP contribution in [-0.4, -0.2) is 57.0 Å². The van der Waals surface area contributed by atoms with Gasteiger partial charge < -0.3 is 15.2 Å². The van der Waals surface area contributed by atoms with E-state index in [4.69, 9.17) is 15.2 Å². The van der Waals surface area contributed by atoms with Crippen molar-refractivity contribution >= 4 is 21.9 Å². The highest BCUT2D eigenvalue weighted by atomic mass is 32.2. The van der Waals surface area contributed by atoms with Crippen LogP contribution in [0.25, 0.3) is 0 Å². The number of benzene rings is 1. The fraction of sp³-hybridized carbons (Fsp3) is 0.429. The Morgan fingerprint density at radius 3 is 2.30 bits per heavy atom. The van der Waals surface area contributed by atoms with Gasteiger partial charge in [-0.15, -0.1) is 0 Å². The monoisotopic (exact) mass is 342 g/mol. The minimum atomic E-state index is -3.61. The van der Waals surface area contributed by atoms with E-state index in [1.165, 1.54) is 35.5 Å². The minimum Gasteiger partial charge on any atom is -0.449 e. The van der Waals surface area contributed by atoms with Crippen molar-refractivity contribution in [2.75, 3.05) is 26.3 Å². The van der Waals surface area contributed by atoms with E-state index in [0.29, 0.717) is 26.3 Å². The summed E-state index contributed by atoms with van der Waals surface area (Å²) in [5, 5.41) is 0. The van der Waals surface area contributed by atoms with Gasteiger partial charge in [-0.25, -0.2) is 13.2 Å². The van der Waals surface area contributed by atoms with Crippen LogP contribution >= 0.6 is 0 Å². The molecule has 1 saturated heterocycles. The number of nitrogens with zero attached hydrogens (tertiary/aromatic N) is 1. The predicted octanol–water partition coefficient (Wildman–Crippen LogP) is -0.262. The molecule has 9 heteroatoms. The molecule has 8 nitrogen and oxygen atoms in total. The number of rotatable bonds is 5. The summed E-state index contributed by atoms with van der Waals surface area (Å²) in [7, 11) is -3.61. The SMILES string of the molecule is C[C@H](OC(=O)c1ccc(S(=O)(=O)N2CCOCC2)cc1)C(N)=O.